The van der Waals surface area contributed by atoms with Crippen molar-refractivity contribution in [2.75, 3.05) is 0 Å². The van der Waals surface area contributed by atoms with Gasteiger partial charge in [0.25, 0.3) is 5.91 Å². The SMILES string of the molecule is Cc1c(O)cccc1C(=O)NC#N. The standard InChI is InChI=1S/C9H8N2O2/c1-6-7(9(13)11-5-10)3-2-4-8(6)12/h2-4,12H,1H3,(H,11,13). The second-order valence-electron chi connectivity index (χ2n) is 2.52. The average Bonchev–Trinajstić information content (AvgIpc) is 2.10. The molecule has 0 aliphatic heterocycles. The zero-order valence-corrected chi connectivity index (χ0v) is 7.03. The number of benzene rings is 1. The molecule has 0 heterocycles. The number of hydrogen-bond acceptors (Lipinski definition) is 3. The van der Waals surface area contributed by atoms with Crippen LogP contribution in [0.1, 0.15) is 15.9 Å². The van der Waals surface area contributed by atoms with Gasteiger partial charge in [-0.1, -0.05) is 6.07 Å². The van der Waals surface area contributed by atoms with Crippen LogP contribution in [0.15, 0.2) is 18.2 Å². The molecule has 4 heteroatoms. The number of carbonyl (C=O) groups excluding carboxylic acids is 1. The first-order valence-corrected chi connectivity index (χ1v) is 3.65. The van der Waals surface area contributed by atoms with Gasteiger partial charge in [0.1, 0.15) is 5.75 Å². The molecule has 0 saturated heterocycles. The lowest BCUT2D eigenvalue weighted by Gasteiger charge is -2.03. The number of nitrogens with one attached hydrogen (secondary N) is 1. The van der Waals surface area contributed by atoms with Gasteiger partial charge in [0.15, 0.2) is 6.19 Å². The Bertz CT molecular complexity index is 380. The zero-order valence-electron chi connectivity index (χ0n) is 7.03. The number of nitriles is 1. The molecule has 0 aliphatic rings. The van der Waals surface area contributed by atoms with Crippen LogP contribution in [0.2, 0.25) is 0 Å². The summed E-state index contributed by atoms with van der Waals surface area (Å²) in [7, 11) is 0. The van der Waals surface area contributed by atoms with E-state index in [-0.39, 0.29) is 5.75 Å². The van der Waals surface area contributed by atoms with Crippen LogP contribution in [0.5, 0.6) is 5.75 Å². The summed E-state index contributed by atoms with van der Waals surface area (Å²) in [6.07, 6.45) is 1.53. The number of rotatable bonds is 1. The van der Waals surface area contributed by atoms with Crippen molar-refractivity contribution in [2.24, 2.45) is 0 Å². The molecule has 66 valence electrons. The van der Waals surface area contributed by atoms with Crippen LogP contribution in [0, 0.1) is 18.4 Å². The molecular weight excluding hydrogens is 168 g/mol. The second-order valence-corrected chi connectivity index (χ2v) is 2.52. The van der Waals surface area contributed by atoms with Crippen LogP contribution >= 0.6 is 0 Å². The smallest absolute Gasteiger partial charge is 0.264 e. The number of phenols is 1. The van der Waals surface area contributed by atoms with Gasteiger partial charge < -0.3 is 5.11 Å². The van der Waals surface area contributed by atoms with E-state index in [1.54, 1.807) is 19.1 Å². The first-order valence-electron chi connectivity index (χ1n) is 3.65. The van der Waals surface area contributed by atoms with Gasteiger partial charge in [0.05, 0.1) is 0 Å². The van der Waals surface area contributed by atoms with Crippen molar-refractivity contribution < 1.29 is 9.90 Å². The van der Waals surface area contributed by atoms with Crippen molar-refractivity contribution in [3.63, 3.8) is 0 Å². The van der Waals surface area contributed by atoms with Crippen molar-refractivity contribution >= 4 is 5.91 Å². The van der Waals surface area contributed by atoms with Gasteiger partial charge >= 0.3 is 0 Å². The molecule has 13 heavy (non-hydrogen) atoms. The van der Waals surface area contributed by atoms with Crippen molar-refractivity contribution in [2.45, 2.75) is 6.92 Å². The number of carbonyl (C=O) groups is 1. The number of amides is 1. The fraction of sp³-hybridized carbons (Fsp3) is 0.111. The van der Waals surface area contributed by atoms with E-state index in [0.717, 1.165) is 0 Å². The van der Waals surface area contributed by atoms with Gasteiger partial charge in [0.2, 0.25) is 0 Å². The molecule has 0 spiro atoms. The quantitative estimate of drug-likeness (QED) is 0.493. The highest BCUT2D eigenvalue weighted by atomic mass is 16.3. The molecule has 1 rings (SSSR count). The van der Waals surface area contributed by atoms with Crippen molar-refractivity contribution in [1.82, 2.24) is 5.32 Å². The van der Waals surface area contributed by atoms with Gasteiger partial charge in [-0.25, -0.2) is 0 Å². The lowest BCUT2D eigenvalue weighted by Crippen LogP contribution is -2.18. The molecule has 1 aromatic rings. The van der Waals surface area contributed by atoms with Gasteiger partial charge in [-0.15, -0.1) is 0 Å². The van der Waals surface area contributed by atoms with Crippen LogP contribution < -0.4 is 5.32 Å². The minimum atomic E-state index is -0.504. The summed E-state index contributed by atoms with van der Waals surface area (Å²) < 4.78 is 0. The maximum atomic E-state index is 11.2. The Hall–Kier alpha value is -2.02. The lowest BCUT2D eigenvalue weighted by atomic mass is 10.1. The molecule has 0 saturated carbocycles. The Balaban J connectivity index is 3.09. The monoisotopic (exact) mass is 176 g/mol. The van der Waals surface area contributed by atoms with E-state index in [1.165, 1.54) is 12.3 Å². The number of nitrogens with zero attached hydrogens (tertiary/aromatic N) is 1. The maximum Gasteiger partial charge on any atom is 0.264 e. The van der Waals surface area contributed by atoms with Crippen molar-refractivity contribution in [3.05, 3.63) is 29.3 Å². The molecule has 0 unspecified atom stereocenters. The highest BCUT2D eigenvalue weighted by Crippen LogP contribution is 2.18. The van der Waals surface area contributed by atoms with Gasteiger partial charge in [-0.2, -0.15) is 5.26 Å². The number of aromatic hydroxyl groups is 1. The molecule has 0 aromatic heterocycles. The molecule has 0 radical (unpaired) electrons. The Kier molecular flexibility index (Phi) is 2.50. The van der Waals surface area contributed by atoms with E-state index in [9.17, 15) is 9.90 Å². The summed E-state index contributed by atoms with van der Waals surface area (Å²) in [5, 5.41) is 19.5. The first kappa shape index (κ1) is 9.07. The number of phenolic OH excluding ortho intramolecular Hbond substituents is 1. The summed E-state index contributed by atoms with van der Waals surface area (Å²) in [6, 6.07) is 4.58. The van der Waals surface area contributed by atoms with Gasteiger partial charge in [-0.05, 0) is 19.1 Å². The zero-order chi connectivity index (χ0) is 9.84. The highest BCUT2D eigenvalue weighted by Gasteiger charge is 2.09. The minimum Gasteiger partial charge on any atom is -0.508 e. The van der Waals surface area contributed by atoms with E-state index >= 15 is 0 Å². The fourth-order valence-corrected chi connectivity index (χ4v) is 0.988. The predicted molar refractivity (Wildman–Crippen MR) is 45.9 cm³/mol. The topological polar surface area (TPSA) is 73.1 Å². The van der Waals surface area contributed by atoms with Crippen LogP contribution in [0.4, 0.5) is 0 Å². The molecule has 0 bridgehead atoms. The van der Waals surface area contributed by atoms with Crippen LogP contribution in [0.3, 0.4) is 0 Å². The molecular formula is C9H8N2O2. The summed E-state index contributed by atoms with van der Waals surface area (Å²) in [5.74, 6) is -0.457. The number of hydrogen-bond donors (Lipinski definition) is 2. The Morgan fingerprint density at radius 2 is 2.31 bits per heavy atom. The van der Waals surface area contributed by atoms with Crippen molar-refractivity contribution in [1.29, 1.82) is 5.26 Å². The van der Waals surface area contributed by atoms with E-state index in [1.807, 2.05) is 5.32 Å². The molecule has 1 aromatic carbocycles. The van der Waals surface area contributed by atoms with Crippen LogP contribution in [0.25, 0.3) is 0 Å². The van der Waals surface area contributed by atoms with Crippen LogP contribution in [-0.4, -0.2) is 11.0 Å². The summed E-state index contributed by atoms with van der Waals surface area (Å²) >= 11 is 0. The average molecular weight is 176 g/mol. The Labute approximate surface area is 75.4 Å². The van der Waals surface area contributed by atoms with E-state index in [0.29, 0.717) is 11.1 Å². The van der Waals surface area contributed by atoms with E-state index in [4.69, 9.17) is 5.26 Å². The maximum absolute atomic E-state index is 11.2. The fourth-order valence-electron chi connectivity index (χ4n) is 0.988. The molecule has 0 atom stereocenters. The summed E-state index contributed by atoms with van der Waals surface area (Å²) in [5.41, 5.74) is 0.775. The minimum absolute atomic E-state index is 0.0468. The predicted octanol–water partition coefficient (Wildman–Crippen LogP) is 0.911. The third kappa shape index (κ3) is 1.76. The summed E-state index contributed by atoms with van der Waals surface area (Å²) in [6.45, 7) is 1.61. The largest absolute Gasteiger partial charge is 0.508 e. The normalized spacial score (nSPS) is 8.92. The van der Waals surface area contributed by atoms with Crippen LogP contribution in [-0.2, 0) is 0 Å². The molecule has 0 aliphatic carbocycles. The summed E-state index contributed by atoms with van der Waals surface area (Å²) in [4.78, 5) is 11.2. The molecule has 1 amide bonds. The first-order chi connectivity index (χ1) is 6.16. The third-order valence-corrected chi connectivity index (χ3v) is 1.72. The molecule has 4 nitrogen and oxygen atoms in total. The second kappa shape index (κ2) is 3.59. The highest BCUT2D eigenvalue weighted by molar-refractivity contribution is 5.97. The Morgan fingerprint density at radius 1 is 1.62 bits per heavy atom. The van der Waals surface area contributed by atoms with Gasteiger partial charge in [-0.3, -0.25) is 10.1 Å². The van der Waals surface area contributed by atoms with Gasteiger partial charge in [0, 0.05) is 11.1 Å². The van der Waals surface area contributed by atoms with E-state index in [2.05, 4.69) is 0 Å². The molecule has 2 N–H and O–H groups in total. The van der Waals surface area contributed by atoms with Crippen molar-refractivity contribution in [3.8, 4) is 11.9 Å². The lowest BCUT2D eigenvalue weighted by molar-refractivity contribution is 0.0972. The Morgan fingerprint density at radius 3 is 2.92 bits per heavy atom. The molecule has 0 fully saturated rings. The third-order valence-electron chi connectivity index (χ3n) is 1.72. The van der Waals surface area contributed by atoms with E-state index < -0.39 is 5.91 Å².